The molecule has 0 radical (unpaired) electrons. The van der Waals surface area contributed by atoms with E-state index < -0.39 is 0 Å². The van der Waals surface area contributed by atoms with Crippen molar-refractivity contribution in [1.82, 2.24) is 15.5 Å². The minimum atomic E-state index is -0.344. The fraction of sp³-hybridized carbons (Fsp3) is 0.385. The van der Waals surface area contributed by atoms with Crippen molar-refractivity contribution in [3.05, 3.63) is 34.4 Å². The molecular weight excluding hydrogens is 313 g/mol. The van der Waals surface area contributed by atoms with Crippen LogP contribution >= 0.6 is 15.9 Å². The lowest BCUT2D eigenvalue weighted by Gasteiger charge is -2.18. The standard InChI is InChI=1S/C13H15BrFN3O/c1-13(2,3)16-7-11-17-12(18-19-11)8-4-9(14)6-10(15)5-8/h4-6,16H,7H2,1-3H3. The van der Waals surface area contributed by atoms with Crippen LogP contribution in [0.4, 0.5) is 4.39 Å². The van der Waals surface area contributed by atoms with Gasteiger partial charge in [-0.1, -0.05) is 21.1 Å². The second-order valence-corrected chi connectivity index (χ2v) is 6.19. The third kappa shape index (κ3) is 4.11. The van der Waals surface area contributed by atoms with Gasteiger partial charge in [0.1, 0.15) is 5.82 Å². The molecule has 1 N–H and O–H groups in total. The summed E-state index contributed by atoms with van der Waals surface area (Å²) in [7, 11) is 0. The molecule has 0 atom stereocenters. The number of hydrogen-bond donors (Lipinski definition) is 1. The molecule has 2 aromatic rings. The van der Waals surface area contributed by atoms with Crippen molar-refractivity contribution in [3.63, 3.8) is 0 Å². The molecule has 0 amide bonds. The Balaban J connectivity index is 2.16. The number of nitrogens with zero attached hydrogens (tertiary/aromatic N) is 2. The van der Waals surface area contributed by atoms with E-state index in [1.165, 1.54) is 12.1 Å². The summed E-state index contributed by atoms with van der Waals surface area (Å²) in [6.45, 7) is 6.63. The first-order valence-electron chi connectivity index (χ1n) is 5.87. The SMILES string of the molecule is CC(C)(C)NCc1nc(-c2cc(F)cc(Br)c2)no1. The largest absolute Gasteiger partial charge is 0.338 e. The Kier molecular flexibility index (Phi) is 4.01. The van der Waals surface area contributed by atoms with Crippen molar-refractivity contribution in [2.24, 2.45) is 0 Å². The van der Waals surface area contributed by atoms with Gasteiger partial charge in [0.15, 0.2) is 0 Å². The van der Waals surface area contributed by atoms with Gasteiger partial charge in [-0.25, -0.2) is 4.39 Å². The van der Waals surface area contributed by atoms with E-state index in [0.29, 0.717) is 28.3 Å². The minimum absolute atomic E-state index is 0.0312. The van der Waals surface area contributed by atoms with Gasteiger partial charge >= 0.3 is 0 Å². The average Bonchev–Trinajstić information content (AvgIpc) is 2.72. The molecule has 1 aromatic carbocycles. The predicted molar refractivity (Wildman–Crippen MR) is 74.0 cm³/mol. The summed E-state index contributed by atoms with van der Waals surface area (Å²) in [5.74, 6) is 0.514. The second-order valence-electron chi connectivity index (χ2n) is 5.27. The molecule has 6 heteroatoms. The number of aromatic nitrogens is 2. The van der Waals surface area contributed by atoms with Crippen LogP contribution in [-0.2, 0) is 6.54 Å². The monoisotopic (exact) mass is 327 g/mol. The maximum Gasteiger partial charge on any atom is 0.240 e. The average molecular weight is 328 g/mol. The van der Waals surface area contributed by atoms with Gasteiger partial charge in [0.2, 0.25) is 11.7 Å². The maximum absolute atomic E-state index is 13.3. The smallest absolute Gasteiger partial charge is 0.240 e. The van der Waals surface area contributed by atoms with Crippen LogP contribution in [0.1, 0.15) is 26.7 Å². The molecular formula is C13H15BrFN3O. The molecule has 0 fully saturated rings. The molecule has 4 nitrogen and oxygen atoms in total. The van der Waals surface area contributed by atoms with E-state index in [4.69, 9.17) is 4.52 Å². The summed E-state index contributed by atoms with van der Waals surface area (Å²) in [6.07, 6.45) is 0. The molecule has 0 saturated carbocycles. The highest BCUT2D eigenvalue weighted by Crippen LogP contribution is 2.22. The van der Waals surface area contributed by atoms with Crippen molar-refractivity contribution in [3.8, 4) is 11.4 Å². The molecule has 0 bridgehead atoms. The Morgan fingerprint density at radius 1 is 1.32 bits per heavy atom. The van der Waals surface area contributed by atoms with Crippen molar-refractivity contribution in [1.29, 1.82) is 0 Å². The summed E-state index contributed by atoms with van der Waals surface area (Å²) in [6, 6.07) is 4.50. The minimum Gasteiger partial charge on any atom is -0.338 e. The van der Waals surface area contributed by atoms with E-state index in [-0.39, 0.29) is 11.4 Å². The highest BCUT2D eigenvalue weighted by atomic mass is 79.9. The first-order chi connectivity index (χ1) is 8.83. The molecule has 0 aliphatic carbocycles. The van der Waals surface area contributed by atoms with E-state index in [0.717, 1.165) is 0 Å². The van der Waals surface area contributed by atoms with Crippen LogP contribution < -0.4 is 5.32 Å². The zero-order valence-electron chi connectivity index (χ0n) is 11.0. The van der Waals surface area contributed by atoms with Gasteiger partial charge in [-0.05, 0) is 39.0 Å². The highest BCUT2D eigenvalue weighted by molar-refractivity contribution is 9.10. The third-order valence-corrected chi connectivity index (χ3v) is 2.82. The van der Waals surface area contributed by atoms with Crippen molar-refractivity contribution >= 4 is 15.9 Å². The number of hydrogen-bond acceptors (Lipinski definition) is 4. The van der Waals surface area contributed by atoms with Gasteiger partial charge < -0.3 is 9.84 Å². The molecule has 0 aliphatic rings. The Hall–Kier alpha value is -1.27. The first-order valence-corrected chi connectivity index (χ1v) is 6.67. The lowest BCUT2D eigenvalue weighted by Crippen LogP contribution is -2.35. The van der Waals surface area contributed by atoms with Crippen LogP contribution in [0, 0.1) is 5.82 Å². The molecule has 0 spiro atoms. The quantitative estimate of drug-likeness (QED) is 0.936. The normalized spacial score (nSPS) is 11.8. The summed E-state index contributed by atoms with van der Waals surface area (Å²) in [5.41, 5.74) is 0.550. The summed E-state index contributed by atoms with van der Waals surface area (Å²) >= 11 is 3.24. The molecule has 19 heavy (non-hydrogen) atoms. The fourth-order valence-corrected chi connectivity index (χ4v) is 1.93. The fourth-order valence-electron chi connectivity index (χ4n) is 1.47. The van der Waals surface area contributed by atoms with Gasteiger partial charge in [-0.3, -0.25) is 0 Å². The van der Waals surface area contributed by atoms with Crippen molar-refractivity contribution in [2.75, 3.05) is 0 Å². The number of rotatable bonds is 3. The number of nitrogens with one attached hydrogen (secondary N) is 1. The van der Waals surface area contributed by atoms with E-state index in [2.05, 4.69) is 31.4 Å². The van der Waals surface area contributed by atoms with Gasteiger partial charge in [-0.2, -0.15) is 4.98 Å². The van der Waals surface area contributed by atoms with Crippen molar-refractivity contribution < 1.29 is 8.91 Å². The van der Waals surface area contributed by atoms with Gasteiger partial charge in [0.25, 0.3) is 0 Å². The lowest BCUT2D eigenvalue weighted by molar-refractivity contribution is 0.336. The molecule has 1 heterocycles. The van der Waals surface area contributed by atoms with Gasteiger partial charge in [0, 0.05) is 15.6 Å². The third-order valence-electron chi connectivity index (χ3n) is 2.36. The Morgan fingerprint density at radius 3 is 2.68 bits per heavy atom. The Bertz CT molecular complexity index is 557. The summed E-state index contributed by atoms with van der Waals surface area (Å²) < 4.78 is 19.1. The van der Waals surface area contributed by atoms with E-state index in [9.17, 15) is 4.39 Å². The first kappa shape index (κ1) is 14.1. The van der Waals surface area contributed by atoms with Crippen LogP contribution in [0.5, 0.6) is 0 Å². The van der Waals surface area contributed by atoms with Crippen LogP contribution in [0.2, 0.25) is 0 Å². The number of halogens is 2. The Labute approximate surface area is 119 Å². The molecule has 0 unspecified atom stereocenters. The molecule has 0 saturated heterocycles. The Morgan fingerprint density at radius 2 is 2.05 bits per heavy atom. The maximum atomic E-state index is 13.3. The molecule has 102 valence electrons. The van der Waals surface area contributed by atoms with Crippen LogP contribution in [0.15, 0.2) is 27.2 Å². The topological polar surface area (TPSA) is 51.0 Å². The van der Waals surface area contributed by atoms with Gasteiger partial charge in [0.05, 0.1) is 6.54 Å². The molecule has 1 aromatic heterocycles. The number of benzene rings is 1. The lowest BCUT2D eigenvalue weighted by atomic mass is 10.1. The zero-order valence-corrected chi connectivity index (χ0v) is 12.6. The molecule has 0 aliphatic heterocycles. The summed E-state index contributed by atoms with van der Waals surface area (Å²) in [5, 5.41) is 7.10. The van der Waals surface area contributed by atoms with E-state index >= 15 is 0 Å². The van der Waals surface area contributed by atoms with Crippen LogP contribution in [-0.4, -0.2) is 15.7 Å². The van der Waals surface area contributed by atoms with E-state index in [1.807, 2.05) is 20.8 Å². The second kappa shape index (κ2) is 5.38. The van der Waals surface area contributed by atoms with Gasteiger partial charge in [-0.15, -0.1) is 0 Å². The predicted octanol–water partition coefficient (Wildman–Crippen LogP) is 3.53. The molecule has 2 rings (SSSR count). The summed E-state index contributed by atoms with van der Waals surface area (Å²) in [4.78, 5) is 4.24. The highest BCUT2D eigenvalue weighted by Gasteiger charge is 2.13. The van der Waals surface area contributed by atoms with Crippen LogP contribution in [0.3, 0.4) is 0 Å². The van der Waals surface area contributed by atoms with Crippen molar-refractivity contribution in [2.45, 2.75) is 32.9 Å². The van der Waals surface area contributed by atoms with E-state index in [1.54, 1.807) is 6.07 Å². The van der Waals surface area contributed by atoms with Crippen LogP contribution in [0.25, 0.3) is 11.4 Å². The zero-order chi connectivity index (χ0) is 14.0.